The summed E-state index contributed by atoms with van der Waals surface area (Å²) in [6, 6.07) is 6.65. The molecule has 2 atom stereocenters. The van der Waals surface area contributed by atoms with Crippen molar-refractivity contribution in [2.24, 2.45) is 35.5 Å². The molecule has 4 nitrogen and oxygen atoms in total. The first-order valence-electron chi connectivity index (χ1n) is 24.2. The molecule has 0 aromatic heterocycles. The SMILES string of the molecule is C.CCCCCC1CCC(C(=O)C(=O)C2CCC(c3ccc(C)c(F)c3F)CC2)CC1.CCCCCC1CCC(C(O)C(O)C2CCC(c3ccc(C)c(F)c3F)CC2)CC1.F. The molecule has 9 heteroatoms. The number of carbonyl (C=O) groups excluding carboxylic acids is 2. The van der Waals surface area contributed by atoms with Crippen molar-refractivity contribution in [3.8, 4) is 0 Å². The molecule has 4 aliphatic carbocycles. The number of hydrogen-bond acceptors (Lipinski definition) is 4. The minimum absolute atomic E-state index is 0. The van der Waals surface area contributed by atoms with Gasteiger partial charge in [-0.3, -0.25) is 14.3 Å². The lowest BCUT2D eigenvalue weighted by atomic mass is 9.71. The summed E-state index contributed by atoms with van der Waals surface area (Å²) in [6.07, 6.45) is 22.5. The molecule has 0 radical (unpaired) electrons. The average Bonchev–Trinajstić information content (AvgIpc) is 3.27. The molecule has 352 valence electrons. The Morgan fingerprint density at radius 1 is 0.516 bits per heavy atom. The van der Waals surface area contributed by atoms with E-state index in [1.807, 2.05) is 0 Å². The molecular formula is C53H81F5O4. The summed E-state index contributed by atoms with van der Waals surface area (Å²) in [5.74, 6) is -2.01. The Hall–Kier alpha value is -2.65. The van der Waals surface area contributed by atoms with Gasteiger partial charge in [0.25, 0.3) is 0 Å². The monoisotopic (exact) mass is 877 g/mol. The van der Waals surface area contributed by atoms with E-state index >= 15 is 0 Å². The lowest BCUT2D eigenvalue weighted by Gasteiger charge is -2.38. The molecule has 0 bridgehead atoms. The number of hydrogen-bond donors (Lipinski definition) is 2. The number of halogens is 5. The van der Waals surface area contributed by atoms with Gasteiger partial charge < -0.3 is 10.2 Å². The number of aryl methyl sites for hydroxylation is 2. The Balaban J connectivity index is 0.000000320. The van der Waals surface area contributed by atoms with Crippen molar-refractivity contribution in [3.63, 3.8) is 0 Å². The van der Waals surface area contributed by atoms with E-state index in [0.717, 1.165) is 76.0 Å². The maximum Gasteiger partial charge on any atom is 0.201 e. The first-order valence-corrected chi connectivity index (χ1v) is 24.2. The largest absolute Gasteiger partial charge is 0.390 e. The maximum absolute atomic E-state index is 14.3. The van der Waals surface area contributed by atoms with Crippen molar-refractivity contribution < 1.29 is 42.1 Å². The molecule has 2 aromatic carbocycles. The van der Waals surface area contributed by atoms with Gasteiger partial charge in [-0.15, -0.1) is 0 Å². The fraction of sp³-hybridized carbons (Fsp3) is 0.736. The van der Waals surface area contributed by atoms with E-state index in [1.165, 1.54) is 64.2 Å². The summed E-state index contributed by atoms with van der Waals surface area (Å²) in [6.45, 7) is 7.58. The van der Waals surface area contributed by atoms with E-state index in [0.29, 0.717) is 47.9 Å². The van der Waals surface area contributed by atoms with E-state index in [1.54, 1.807) is 38.1 Å². The lowest BCUT2D eigenvalue weighted by molar-refractivity contribution is -0.142. The first kappa shape index (κ1) is 53.7. The van der Waals surface area contributed by atoms with Gasteiger partial charge in [0.1, 0.15) is 0 Å². The fourth-order valence-corrected chi connectivity index (χ4v) is 11.2. The van der Waals surface area contributed by atoms with Crippen LogP contribution in [0.2, 0.25) is 0 Å². The molecule has 2 unspecified atom stereocenters. The summed E-state index contributed by atoms with van der Waals surface area (Å²) in [5, 5.41) is 21.7. The van der Waals surface area contributed by atoms with Crippen molar-refractivity contribution in [1.29, 1.82) is 0 Å². The molecule has 4 saturated carbocycles. The second-order valence-corrected chi connectivity index (χ2v) is 19.6. The van der Waals surface area contributed by atoms with Gasteiger partial charge in [0.15, 0.2) is 23.3 Å². The van der Waals surface area contributed by atoms with Crippen LogP contribution < -0.4 is 0 Å². The van der Waals surface area contributed by atoms with Gasteiger partial charge in [0, 0.05) is 11.8 Å². The summed E-state index contributed by atoms with van der Waals surface area (Å²) in [7, 11) is 0. The minimum atomic E-state index is -0.772. The smallest absolute Gasteiger partial charge is 0.201 e. The van der Waals surface area contributed by atoms with Crippen LogP contribution in [-0.2, 0) is 9.59 Å². The van der Waals surface area contributed by atoms with Crippen molar-refractivity contribution >= 4 is 11.6 Å². The highest BCUT2D eigenvalue weighted by molar-refractivity contribution is 6.38. The molecule has 62 heavy (non-hydrogen) atoms. The first-order chi connectivity index (χ1) is 28.8. The fourth-order valence-electron chi connectivity index (χ4n) is 11.2. The van der Waals surface area contributed by atoms with E-state index in [9.17, 15) is 37.4 Å². The van der Waals surface area contributed by atoms with Gasteiger partial charge in [-0.05, 0) is 162 Å². The van der Waals surface area contributed by atoms with Gasteiger partial charge in [-0.2, -0.15) is 0 Å². The second-order valence-electron chi connectivity index (χ2n) is 19.6. The third-order valence-electron chi connectivity index (χ3n) is 15.5. The zero-order valence-electron chi connectivity index (χ0n) is 37.7. The predicted octanol–water partition coefficient (Wildman–Crippen LogP) is 14.5. The highest BCUT2D eigenvalue weighted by atomic mass is 19.2. The van der Waals surface area contributed by atoms with Crippen LogP contribution in [0.1, 0.15) is 209 Å². The molecule has 0 saturated heterocycles. The predicted molar refractivity (Wildman–Crippen MR) is 242 cm³/mol. The van der Waals surface area contributed by atoms with E-state index in [-0.39, 0.29) is 59.2 Å². The Morgan fingerprint density at radius 3 is 1.21 bits per heavy atom. The second kappa shape index (κ2) is 26.3. The van der Waals surface area contributed by atoms with Gasteiger partial charge in [-0.25, -0.2) is 17.6 Å². The molecule has 2 N–H and O–H groups in total. The van der Waals surface area contributed by atoms with Gasteiger partial charge >= 0.3 is 0 Å². The Kier molecular flexibility index (Phi) is 22.8. The number of benzene rings is 2. The Morgan fingerprint density at radius 2 is 0.839 bits per heavy atom. The van der Waals surface area contributed by atoms with Crippen LogP contribution in [0, 0.1) is 72.6 Å². The van der Waals surface area contributed by atoms with Gasteiger partial charge in [-0.1, -0.05) is 110 Å². The molecule has 6 rings (SSSR count). The van der Waals surface area contributed by atoms with Crippen LogP contribution >= 0.6 is 0 Å². The van der Waals surface area contributed by atoms with Gasteiger partial charge in [0.2, 0.25) is 11.6 Å². The molecular weight excluding hydrogens is 796 g/mol. The number of unbranched alkanes of at least 4 members (excludes halogenated alkanes) is 4. The quantitative estimate of drug-likeness (QED) is 0.100. The molecule has 0 spiro atoms. The molecule has 0 amide bonds. The number of ketones is 2. The molecule has 0 aliphatic heterocycles. The topological polar surface area (TPSA) is 74.6 Å². The zero-order chi connectivity index (χ0) is 43.3. The van der Waals surface area contributed by atoms with Crippen molar-refractivity contribution in [2.45, 2.75) is 213 Å². The lowest BCUT2D eigenvalue weighted by Crippen LogP contribution is -2.41. The third kappa shape index (κ3) is 14.2. The molecule has 4 aliphatic rings. The van der Waals surface area contributed by atoms with Crippen LogP contribution in [0.5, 0.6) is 0 Å². The molecule has 4 fully saturated rings. The average molecular weight is 877 g/mol. The highest BCUT2D eigenvalue weighted by Gasteiger charge is 2.38. The summed E-state index contributed by atoms with van der Waals surface area (Å²) in [5.41, 5.74) is 1.53. The van der Waals surface area contributed by atoms with E-state index < -0.39 is 35.5 Å². The van der Waals surface area contributed by atoms with Crippen molar-refractivity contribution in [1.82, 2.24) is 0 Å². The number of aliphatic hydroxyl groups is 2. The van der Waals surface area contributed by atoms with Gasteiger partial charge in [0.05, 0.1) is 12.2 Å². The highest BCUT2D eigenvalue weighted by Crippen LogP contribution is 2.43. The number of Topliss-reactive ketones (excluding diaryl/α,β-unsaturated/α-hetero) is 2. The van der Waals surface area contributed by atoms with Crippen LogP contribution in [0.3, 0.4) is 0 Å². The summed E-state index contributed by atoms with van der Waals surface area (Å²) < 4.78 is 56.5. The molecule has 2 aromatic rings. The summed E-state index contributed by atoms with van der Waals surface area (Å²) >= 11 is 0. The number of carbonyl (C=O) groups is 2. The van der Waals surface area contributed by atoms with Crippen LogP contribution in [0.4, 0.5) is 22.3 Å². The van der Waals surface area contributed by atoms with Crippen molar-refractivity contribution in [2.75, 3.05) is 0 Å². The standard InChI is InChI=1S/C26H40F2O2.C26H36F2O2.CH4.FH/c2*1-3-4-5-6-18-8-10-20(11-9-18)25(29)26(30)21-14-12-19(13-15-21)22-16-7-17(2)23(27)24(22)28;;/h7,16,18-21,25-26,29-30H,3-6,8-15H2,1-2H3;7,16,18-21H,3-6,8-15H2,1-2H3;1H4;1H. The third-order valence-corrected chi connectivity index (χ3v) is 15.5. The molecule has 0 heterocycles. The minimum Gasteiger partial charge on any atom is -0.390 e. The number of aliphatic hydroxyl groups excluding tert-OH is 2. The van der Waals surface area contributed by atoms with E-state index in [2.05, 4.69) is 13.8 Å². The van der Waals surface area contributed by atoms with Crippen LogP contribution in [0.25, 0.3) is 0 Å². The zero-order valence-corrected chi connectivity index (χ0v) is 37.7. The normalized spacial score (nSPS) is 27.4. The van der Waals surface area contributed by atoms with Crippen LogP contribution in [0.15, 0.2) is 24.3 Å². The maximum atomic E-state index is 14.3. The van der Waals surface area contributed by atoms with Crippen molar-refractivity contribution in [3.05, 3.63) is 69.8 Å². The number of rotatable bonds is 16. The van der Waals surface area contributed by atoms with Crippen LogP contribution in [-0.4, -0.2) is 34.0 Å². The Bertz CT molecular complexity index is 1650. The van der Waals surface area contributed by atoms with E-state index in [4.69, 9.17) is 0 Å². The summed E-state index contributed by atoms with van der Waals surface area (Å²) in [4.78, 5) is 25.6. The Labute approximate surface area is 371 Å².